The van der Waals surface area contributed by atoms with Crippen molar-refractivity contribution < 1.29 is 9.53 Å². The fraction of sp³-hybridized carbons (Fsp3) is 0.294. The van der Waals surface area contributed by atoms with Gasteiger partial charge in [0.05, 0.1) is 23.3 Å². The van der Waals surface area contributed by atoms with E-state index >= 15 is 0 Å². The Bertz CT molecular complexity index is 834. The first-order chi connectivity index (χ1) is 12.3. The highest BCUT2D eigenvalue weighted by molar-refractivity contribution is 7.13. The van der Waals surface area contributed by atoms with Crippen molar-refractivity contribution in [3.63, 3.8) is 0 Å². The normalized spacial score (nSPS) is 17.4. The number of hydrogen-bond donors (Lipinski definition) is 1. The molecule has 1 fully saturated rings. The molecule has 0 aliphatic carbocycles. The quantitative estimate of drug-likeness (QED) is 0.778. The predicted octanol–water partition coefficient (Wildman–Crippen LogP) is 2.61. The first kappa shape index (κ1) is 15.8. The maximum atomic E-state index is 12.7. The van der Waals surface area contributed by atoms with Crippen LogP contribution in [0.15, 0.2) is 42.2 Å². The zero-order valence-corrected chi connectivity index (χ0v) is 14.3. The van der Waals surface area contributed by atoms with Crippen LogP contribution in [0.3, 0.4) is 0 Å². The molecule has 8 heteroatoms. The molecule has 0 spiro atoms. The van der Waals surface area contributed by atoms with Gasteiger partial charge in [-0.3, -0.25) is 14.9 Å². The molecule has 4 heterocycles. The molecule has 1 aliphatic heterocycles. The van der Waals surface area contributed by atoms with E-state index < -0.39 is 0 Å². The lowest BCUT2D eigenvalue weighted by molar-refractivity contribution is 0.0521. The number of rotatable bonds is 4. The summed E-state index contributed by atoms with van der Waals surface area (Å²) in [5.41, 5.74) is 1.30. The first-order valence-corrected chi connectivity index (χ1v) is 8.99. The average Bonchev–Trinajstić information content (AvgIpc) is 3.34. The summed E-state index contributed by atoms with van der Waals surface area (Å²) >= 11 is 1.61. The molecule has 4 rings (SSSR count). The third kappa shape index (κ3) is 3.53. The predicted molar refractivity (Wildman–Crippen MR) is 93.5 cm³/mol. The molecule has 3 aromatic rings. The number of H-pyrrole nitrogens is 1. The van der Waals surface area contributed by atoms with E-state index in [1.54, 1.807) is 40.9 Å². The number of likely N-dealkylation sites (tertiary alicyclic amines) is 1. The fourth-order valence-electron chi connectivity index (χ4n) is 2.89. The van der Waals surface area contributed by atoms with Crippen LogP contribution in [0.4, 0.5) is 0 Å². The Balaban J connectivity index is 1.43. The third-order valence-corrected chi connectivity index (χ3v) is 4.98. The molecule has 0 aromatic carbocycles. The zero-order valence-electron chi connectivity index (χ0n) is 13.5. The van der Waals surface area contributed by atoms with Gasteiger partial charge in [-0.25, -0.2) is 4.98 Å². The molecule has 0 saturated carbocycles. The number of nitrogens with zero attached hydrogens (tertiary/aromatic N) is 4. The Morgan fingerprint density at radius 2 is 2.36 bits per heavy atom. The molecular weight excluding hydrogens is 338 g/mol. The average molecular weight is 355 g/mol. The lowest BCUT2D eigenvalue weighted by Gasteiger charge is -2.32. The van der Waals surface area contributed by atoms with Crippen molar-refractivity contribution in [2.75, 3.05) is 13.1 Å². The number of nitrogens with one attached hydrogen (secondary N) is 1. The van der Waals surface area contributed by atoms with Crippen LogP contribution in [0.2, 0.25) is 0 Å². The lowest BCUT2D eigenvalue weighted by Crippen LogP contribution is -2.44. The van der Waals surface area contributed by atoms with Crippen LogP contribution >= 0.6 is 11.3 Å². The molecule has 25 heavy (non-hydrogen) atoms. The maximum absolute atomic E-state index is 12.7. The smallest absolute Gasteiger partial charge is 0.274 e. The Hall–Kier alpha value is -2.74. The van der Waals surface area contributed by atoms with Crippen LogP contribution in [-0.4, -0.2) is 50.2 Å². The second-order valence-corrected chi connectivity index (χ2v) is 6.77. The summed E-state index contributed by atoms with van der Waals surface area (Å²) in [7, 11) is 0. The number of thiophene rings is 1. The number of carbonyl (C=O) groups is 1. The summed E-state index contributed by atoms with van der Waals surface area (Å²) in [5.74, 6) is 0.410. The number of aromatic nitrogens is 4. The molecule has 3 aromatic heterocycles. The van der Waals surface area contributed by atoms with Crippen molar-refractivity contribution in [2.24, 2.45) is 0 Å². The van der Waals surface area contributed by atoms with E-state index in [0.717, 1.165) is 23.4 Å². The van der Waals surface area contributed by atoms with Crippen molar-refractivity contribution >= 4 is 17.2 Å². The van der Waals surface area contributed by atoms with Crippen molar-refractivity contribution in [2.45, 2.75) is 18.9 Å². The number of carbonyl (C=O) groups excluding carboxylic acids is 1. The Kier molecular flexibility index (Phi) is 4.43. The van der Waals surface area contributed by atoms with Crippen LogP contribution in [0.1, 0.15) is 23.3 Å². The molecular formula is C17H17N5O2S. The monoisotopic (exact) mass is 355 g/mol. The van der Waals surface area contributed by atoms with Gasteiger partial charge >= 0.3 is 0 Å². The first-order valence-electron chi connectivity index (χ1n) is 8.11. The van der Waals surface area contributed by atoms with Gasteiger partial charge in [0.1, 0.15) is 6.10 Å². The number of ether oxygens (including phenoxy) is 1. The van der Waals surface area contributed by atoms with Crippen molar-refractivity contribution in [1.29, 1.82) is 0 Å². The minimum absolute atomic E-state index is 0.0773. The standard InChI is InChI=1S/C17H17N5O2S/c23-17(14-9-13(20-21-14)15-4-2-8-25-15)22-7-1-3-12(11-22)24-16-10-18-5-6-19-16/h2,4-6,8-10,12H,1,3,7,11H2,(H,20,21). The van der Waals surface area contributed by atoms with Gasteiger partial charge in [0, 0.05) is 18.9 Å². The van der Waals surface area contributed by atoms with E-state index in [1.165, 1.54) is 0 Å². The number of aromatic amines is 1. The molecule has 1 atom stereocenters. The van der Waals surface area contributed by atoms with Gasteiger partial charge in [0.15, 0.2) is 5.69 Å². The molecule has 128 valence electrons. The highest BCUT2D eigenvalue weighted by Crippen LogP contribution is 2.24. The minimum Gasteiger partial charge on any atom is -0.471 e. The summed E-state index contributed by atoms with van der Waals surface area (Å²) in [6.07, 6.45) is 6.48. The second-order valence-electron chi connectivity index (χ2n) is 5.82. The van der Waals surface area contributed by atoms with E-state index in [2.05, 4.69) is 20.2 Å². The van der Waals surface area contributed by atoms with E-state index in [1.807, 2.05) is 17.5 Å². The highest BCUT2D eigenvalue weighted by atomic mass is 32.1. The Morgan fingerprint density at radius 3 is 3.16 bits per heavy atom. The maximum Gasteiger partial charge on any atom is 0.274 e. The molecule has 1 unspecified atom stereocenters. The molecule has 0 bridgehead atoms. The van der Waals surface area contributed by atoms with Gasteiger partial charge < -0.3 is 9.64 Å². The summed E-state index contributed by atoms with van der Waals surface area (Å²) in [4.78, 5) is 23.7. The fourth-order valence-corrected chi connectivity index (χ4v) is 3.58. The SMILES string of the molecule is O=C(c1cc(-c2cccs2)[nH]n1)N1CCCC(Oc2cnccn2)C1. The van der Waals surface area contributed by atoms with Crippen LogP contribution in [-0.2, 0) is 0 Å². The zero-order chi connectivity index (χ0) is 17.1. The van der Waals surface area contributed by atoms with Gasteiger partial charge in [0.25, 0.3) is 5.91 Å². The lowest BCUT2D eigenvalue weighted by atomic mass is 10.1. The summed E-state index contributed by atoms with van der Waals surface area (Å²) in [6.45, 7) is 1.23. The molecule has 1 amide bonds. The van der Waals surface area contributed by atoms with E-state index in [0.29, 0.717) is 24.7 Å². The number of amides is 1. The summed E-state index contributed by atoms with van der Waals surface area (Å²) in [5, 5.41) is 9.12. The summed E-state index contributed by atoms with van der Waals surface area (Å²) < 4.78 is 5.84. The van der Waals surface area contributed by atoms with Crippen LogP contribution in [0.5, 0.6) is 5.88 Å². The van der Waals surface area contributed by atoms with Crippen LogP contribution in [0, 0.1) is 0 Å². The van der Waals surface area contributed by atoms with E-state index in [9.17, 15) is 4.79 Å². The molecule has 7 nitrogen and oxygen atoms in total. The Labute approximate surface area is 148 Å². The van der Waals surface area contributed by atoms with Crippen molar-refractivity contribution in [3.8, 4) is 16.5 Å². The van der Waals surface area contributed by atoms with E-state index in [4.69, 9.17) is 4.74 Å². The van der Waals surface area contributed by atoms with Gasteiger partial charge in [0.2, 0.25) is 5.88 Å². The minimum atomic E-state index is -0.0786. The molecule has 1 N–H and O–H groups in total. The number of hydrogen-bond acceptors (Lipinski definition) is 6. The Morgan fingerprint density at radius 1 is 1.40 bits per heavy atom. The largest absolute Gasteiger partial charge is 0.471 e. The summed E-state index contributed by atoms with van der Waals surface area (Å²) in [6, 6.07) is 5.78. The molecule has 1 aliphatic rings. The third-order valence-electron chi connectivity index (χ3n) is 4.08. The van der Waals surface area contributed by atoms with E-state index in [-0.39, 0.29) is 12.0 Å². The topological polar surface area (TPSA) is 84.0 Å². The van der Waals surface area contributed by atoms with Gasteiger partial charge in [-0.2, -0.15) is 5.10 Å². The van der Waals surface area contributed by atoms with Gasteiger partial charge in [-0.1, -0.05) is 6.07 Å². The van der Waals surface area contributed by atoms with Crippen molar-refractivity contribution in [3.05, 3.63) is 47.9 Å². The molecule has 1 saturated heterocycles. The molecule has 0 radical (unpaired) electrons. The van der Waals surface area contributed by atoms with Crippen molar-refractivity contribution in [1.82, 2.24) is 25.1 Å². The number of piperidine rings is 1. The van der Waals surface area contributed by atoms with Gasteiger partial charge in [-0.15, -0.1) is 11.3 Å². The van der Waals surface area contributed by atoms with Gasteiger partial charge in [-0.05, 0) is 30.4 Å². The van der Waals surface area contributed by atoms with Crippen LogP contribution in [0.25, 0.3) is 10.6 Å². The van der Waals surface area contributed by atoms with Crippen LogP contribution < -0.4 is 4.74 Å². The highest BCUT2D eigenvalue weighted by Gasteiger charge is 2.27. The second kappa shape index (κ2) is 7.02.